The topological polar surface area (TPSA) is 105 Å². The van der Waals surface area contributed by atoms with Crippen molar-refractivity contribution in [1.82, 2.24) is 5.32 Å². The van der Waals surface area contributed by atoms with Crippen molar-refractivity contribution in [3.8, 4) is 0 Å². The molecule has 3 atom stereocenters. The number of amides is 1. The zero-order chi connectivity index (χ0) is 40.7. The number of rotatable bonds is 42. The Morgan fingerprint density at radius 1 is 0.618 bits per heavy atom. The van der Waals surface area contributed by atoms with Crippen molar-refractivity contribution in [3.05, 3.63) is 24.3 Å². The van der Waals surface area contributed by atoms with Crippen LogP contribution in [0.2, 0.25) is 0 Å². The van der Waals surface area contributed by atoms with Gasteiger partial charge in [0.05, 0.1) is 39.9 Å². The quantitative estimate of drug-likeness (QED) is 0.0246. The van der Waals surface area contributed by atoms with Gasteiger partial charge in [0.1, 0.15) is 13.2 Å². The number of hydrogen-bond acceptors (Lipinski definition) is 5. The van der Waals surface area contributed by atoms with Crippen molar-refractivity contribution in [2.24, 2.45) is 0 Å². The molecule has 9 heteroatoms. The third-order valence-electron chi connectivity index (χ3n) is 10.5. The molecule has 0 rings (SSSR count). The van der Waals surface area contributed by atoms with Gasteiger partial charge in [-0.3, -0.25) is 13.8 Å². The summed E-state index contributed by atoms with van der Waals surface area (Å²) in [7, 11) is 1.55. The van der Waals surface area contributed by atoms with Gasteiger partial charge in [0.2, 0.25) is 5.91 Å². The largest absolute Gasteiger partial charge is 0.472 e. The second-order valence-electron chi connectivity index (χ2n) is 17.2. The number of hydrogen-bond donors (Lipinski definition) is 3. The van der Waals surface area contributed by atoms with Gasteiger partial charge in [-0.2, -0.15) is 0 Å². The number of aliphatic hydroxyl groups is 1. The van der Waals surface area contributed by atoms with Gasteiger partial charge >= 0.3 is 7.82 Å². The van der Waals surface area contributed by atoms with E-state index in [1.54, 1.807) is 12.2 Å². The van der Waals surface area contributed by atoms with E-state index in [1.165, 1.54) is 161 Å². The monoisotopic (exact) mass is 800 g/mol. The molecule has 0 aliphatic rings. The first-order valence-corrected chi connectivity index (χ1v) is 24.7. The summed E-state index contributed by atoms with van der Waals surface area (Å²) in [4.78, 5) is 23.1. The van der Waals surface area contributed by atoms with E-state index >= 15 is 0 Å². The van der Waals surface area contributed by atoms with Crippen molar-refractivity contribution >= 4 is 13.7 Å². The average Bonchev–Trinajstić information content (AvgIpc) is 3.13. The van der Waals surface area contributed by atoms with Crippen LogP contribution < -0.4 is 5.32 Å². The van der Waals surface area contributed by atoms with Crippen LogP contribution in [0.5, 0.6) is 0 Å². The number of nitrogens with one attached hydrogen (secondary N) is 1. The molecular weight excluding hydrogens is 707 g/mol. The average molecular weight is 800 g/mol. The smallest absolute Gasteiger partial charge is 0.387 e. The Balaban J connectivity index is 4.26. The number of allylic oxidation sites excluding steroid dienone is 3. The predicted octanol–water partition coefficient (Wildman–Crippen LogP) is 12.9. The maximum Gasteiger partial charge on any atom is 0.472 e. The van der Waals surface area contributed by atoms with Crippen LogP contribution in [0, 0.1) is 0 Å². The van der Waals surface area contributed by atoms with E-state index in [2.05, 4.69) is 25.2 Å². The van der Waals surface area contributed by atoms with E-state index in [-0.39, 0.29) is 19.1 Å². The third-order valence-corrected chi connectivity index (χ3v) is 11.5. The second-order valence-corrected chi connectivity index (χ2v) is 18.6. The fourth-order valence-electron chi connectivity index (χ4n) is 6.75. The standard InChI is InChI=1S/C46H91N2O6P/c1-6-8-10-12-14-16-18-19-20-21-22-23-24-25-26-27-28-30-32-34-36-38-40-46(50)47-44(43-54-55(51,52)53-42-41-48(3,4)5)45(49)39-37-35-33-31-29-17-15-13-11-9-7-2/h33,35,37,39,44-45,49H,6-32,34,36,38,40-43H2,1-5H3,(H-,47,50,51,52)/p+1/b35-33+,39-37+/t44-,45+/m0/s1. The first kappa shape index (κ1) is 54.0. The normalized spacial score (nSPS) is 14.5. The zero-order valence-corrected chi connectivity index (χ0v) is 37.8. The highest BCUT2D eigenvalue weighted by Crippen LogP contribution is 2.43. The number of carbonyl (C=O) groups is 1. The molecule has 0 aromatic heterocycles. The summed E-state index contributed by atoms with van der Waals surface area (Å²) in [6, 6.07) is -0.873. The molecule has 3 N–H and O–H groups in total. The minimum atomic E-state index is -4.34. The predicted molar refractivity (Wildman–Crippen MR) is 235 cm³/mol. The fraction of sp³-hybridized carbons (Fsp3) is 0.891. The van der Waals surface area contributed by atoms with Crippen LogP contribution in [0.4, 0.5) is 0 Å². The van der Waals surface area contributed by atoms with Crippen molar-refractivity contribution in [1.29, 1.82) is 0 Å². The molecule has 0 bridgehead atoms. The van der Waals surface area contributed by atoms with Gasteiger partial charge in [-0.25, -0.2) is 4.57 Å². The van der Waals surface area contributed by atoms with Gasteiger partial charge in [-0.1, -0.05) is 212 Å². The van der Waals surface area contributed by atoms with Crippen LogP contribution in [-0.4, -0.2) is 73.4 Å². The summed E-state index contributed by atoms with van der Waals surface area (Å²) >= 11 is 0. The Morgan fingerprint density at radius 3 is 1.44 bits per heavy atom. The van der Waals surface area contributed by atoms with E-state index in [0.717, 1.165) is 32.1 Å². The molecule has 0 aliphatic carbocycles. The minimum absolute atomic E-state index is 0.0554. The molecule has 0 saturated heterocycles. The summed E-state index contributed by atoms with van der Waals surface area (Å²) < 4.78 is 23.5. The minimum Gasteiger partial charge on any atom is -0.387 e. The lowest BCUT2D eigenvalue weighted by Gasteiger charge is -2.25. The molecule has 0 aliphatic heterocycles. The lowest BCUT2D eigenvalue weighted by molar-refractivity contribution is -0.870. The van der Waals surface area contributed by atoms with Crippen LogP contribution in [0.3, 0.4) is 0 Å². The van der Waals surface area contributed by atoms with Crippen molar-refractivity contribution < 1.29 is 32.9 Å². The van der Waals surface area contributed by atoms with Crippen molar-refractivity contribution in [2.75, 3.05) is 40.9 Å². The van der Waals surface area contributed by atoms with Gasteiger partial charge in [-0.05, 0) is 19.3 Å². The molecule has 55 heavy (non-hydrogen) atoms. The zero-order valence-electron chi connectivity index (χ0n) is 36.9. The highest BCUT2D eigenvalue weighted by molar-refractivity contribution is 7.47. The Morgan fingerprint density at radius 2 is 1.02 bits per heavy atom. The Hall–Kier alpha value is -1.02. The molecule has 1 amide bonds. The van der Waals surface area contributed by atoms with Crippen LogP contribution in [-0.2, 0) is 18.4 Å². The first-order valence-electron chi connectivity index (χ1n) is 23.2. The lowest BCUT2D eigenvalue weighted by atomic mass is 10.0. The van der Waals surface area contributed by atoms with E-state index in [0.29, 0.717) is 17.4 Å². The number of aliphatic hydroxyl groups excluding tert-OH is 1. The van der Waals surface area contributed by atoms with Gasteiger partial charge in [-0.15, -0.1) is 0 Å². The summed E-state index contributed by atoms with van der Waals surface area (Å²) in [5, 5.41) is 13.7. The van der Waals surface area contributed by atoms with Gasteiger partial charge in [0.25, 0.3) is 0 Å². The van der Waals surface area contributed by atoms with Crippen molar-refractivity contribution in [3.63, 3.8) is 0 Å². The molecular formula is C46H92N2O6P+. The maximum atomic E-state index is 12.9. The molecule has 326 valence electrons. The molecule has 8 nitrogen and oxygen atoms in total. The molecule has 0 heterocycles. The number of nitrogens with zero attached hydrogens (tertiary/aromatic N) is 1. The highest BCUT2D eigenvalue weighted by Gasteiger charge is 2.27. The van der Waals surface area contributed by atoms with Crippen molar-refractivity contribution in [2.45, 2.75) is 225 Å². The van der Waals surface area contributed by atoms with Crippen LogP contribution in [0.1, 0.15) is 213 Å². The van der Waals surface area contributed by atoms with Gasteiger partial charge < -0.3 is 19.8 Å². The second kappa shape index (κ2) is 38.5. The van der Waals surface area contributed by atoms with E-state index in [4.69, 9.17) is 9.05 Å². The fourth-order valence-corrected chi connectivity index (χ4v) is 7.48. The highest BCUT2D eigenvalue weighted by atomic mass is 31.2. The lowest BCUT2D eigenvalue weighted by Crippen LogP contribution is -2.45. The summed E-state index contributed by atoms with van der Waals surface area (Å²) in [5.41, 5.74) is 0. The van der Waals surface area contributed by atoms with Gasteiger partial charge in [0, 0.05) is 6.42 Å². The van der Waals surface area contributed by atoms with Crippen LogP contribution >= 0.6 is 7.82 Å². The summed E-state index contributed by atoms with van der Waals surface area (Å²) in [6.45, 7) is 4.77. The number of likely N-dealkylation sites (N-methyl/N-ethyl adjacent to an activating group) is 1. The number of phosphoric ester groups is 1. The summed E-state index contributed by atoms with van der Waals surface area (Å²) in [5.74, 6) is -0.192. The first-order chi connectivity index (χ1) is 26.5. The van der Waals surface area contributed by atoms with Gasteiger partial charge in [0.15, 0.2) is 0 Å². The van der Waals surface area contributed by atoms with E-state index in [1.807, 2.05) is 27.2 Å². The number of unbranched alkanes of at least 4 members (excludes halogenated alkanes) is 28. The van der Waals surface area contributed by atoms with Crippen LogP contribution in [0.15, 0.2) is 24.3 Å². The molecule has 0 aromatic carbocycles. The molecule has 0 aromatic rings. The summed E-state index contributed by atoms with van der Waals surface area (Å²) in [6.07, 6.45) is 45.6. The van der Waals surface area contributed by atoms with Crippen LogP contribution in [0.25, 0.3) is 0 Å². The maximum absolute atomic E-state index is 12.9. The third kappa shape index (κ3) is 41.0. The van der Waals surface area contributed by atoms with E-state index < -0.39 is 20.0 Å². The Kier molecular flexibility index (Phi) is 37.8. The number of phosphoric acid groups is 1. The molecule has 0 saturated carbocycles. The number of carbonyl (C=O) groups excluding carboxylic acids is 1. The Labute approximate surface area is 341 Å². The molecule has 1 unspecified atom stereocenters. The SMILES string of the molecule is CCCCCCCCC/C=C/C=C/[C@@H](O)[C@H](COP(=O)(O)OCC[N+](C)(C)C)NC(=O)CCCCCCCCCCCCCCCCCCCCCCCC. The molecule has 0 fully saturated rings. The molecule has 0 spiro atoms. The Bertz CT molecular complexity index is 953. The number of quaternary nitrogens is 1. The van der Waals surface area contributed by atoms with E-state index in [9.17, 15) is 19.4 Å². The molecule has 0 radical (unpaired) electrons.